The van der Waals surface area contributed by atoms with Gasteiger partial charge in [0.1, 0.15) is 0 Å². The molecule has 1 saturated carbocycles. The van der Waals surface area contributed by atoms with E-state index < -0.39 is 0 Å². The van der Waals surface area contributed by atoms with Crippen molar-refractivity contribution in [2.24, 2.45) is 0 Å². The lowest BCUT2D eigenvalue weighted by atomic mass is 9.93. The van der Waals surface area contributed by atoms with Crippen LogP contribution in [-0.4, -0.2) is 25.3 Å². The standard InChI is InChI=1S/C14H20N2O2.C3H4.C2H6/c1-18-13-9-7-12(8-10-13)16-14(17)15-11-5-3-2-4-6-11;1-3-2;1-2/h2-6,12-13H,7-10H2,1H3,(H2,15,16,17);1H,2H3;1-2H3. The van der Waals surface area contributed by atoms with Crippen molar-refractivity contribution in [1.82, 2.24) is 5.32 Å². The van der Waals surface area contributed by atoms with Gasteiger partial charge in [-0.05, 0) is 44.7 Å². The molecule has 1 aliphatic rings. The molecule has 0 aliphatic heterocycles. The molecule has 2 amide bonds. The van der Waals surface area contributed by atoms with E-state index in [0.29, 0.717) is 6.10 Å². The fourth-order valence-electron chi connectivity index (χ4n) is 2.32. The van der Waals surface area contributed by atoms with Crippen LogP contribution in [0.1, 0.15) is 46.5 Å². The zero-order valence-electron chi connectivity index (χ0n) is 14.8. The lowest BCUT2D eigenvalue weighted by Gasteiger charge is -2.28. The summed E-state index contributed by atoms with van der Waals surface area (Å²) in [5.74, 6) is 2.25. The number of hydrogen-bond donors (Lipinski definition) is 2. The molecule has 0 heterocycles. The Morgan fingerprint density at radius 1 is 1.17 bits per heavy atom. The molecule has 0 spiro atoms. The van der Waals surface area contributed by atoms with Crippen molar-refractivity contribution in [2.75, 3.05) is 12.4 Å². The number of amides is 2. The molecule has 23 heavy (non-hydrogen) atoms. The van der Waals surface area contributed by atoms with E-state index in [4.69, 9.17) is 4.74 Å². The number of methoxy groups -OCH3 is 1. The summed E-state index contributed by atoms with van der Waals surface area (Å²) in [6, 6.07) is 9.62. The molecule has 128 valence electrons. The van der Waals surface area contributed by atoms with Crippen molar-refractivity contribution in [3.05, 3.63) is 30.3 Å². The lowest BCUT2D eigenvalue weighted by molar-refractivity contribution is 0.0638. The number of carbonyl (C=O) groups excluding carboxylic acids is 1. The van der Waals surface area contributed by atoms with Crippen molar-refractivity contribution < 1.29 is 9.53 Å². The summed E-state index contributed by atoms with van der Waals surface area (Å²) < 4.78 is 5.31. The minimum Gasteiger partial charge on any atom is -0.381 e. The maximum atomic E-state index is 11.8. The summed E-state index contributed by atoms with van der Waals surface area (Å²) in [5.41, 5.74) is 0.820. The van der Waals surface area contributed by atoms with Gasteiger partial charge in [-0.25, -0.2) is 4.79 Å². The van der Waals surface area contributed by atoms with E-state index in [1.807, 2.05) is 44.2 Å². The van der Waals surface area contributed by atoms with Gasteiger partial charge in [0.25, 0.3) is 0 Å². The van der Waals surface area contributed by atoms with E-state index in [2.05, 4.69) is 23.0 Å². The predicted octanol–water partition coefficient (Wildman–Crippen LogP) is 4.43. The molecule has 0 saturated heterocycles. The van der Waals surface area contributed by atoms with E-state index in [1.54, 1.807) is 14.0 Å². The Morgan fingerprint density at radius 3 is 2.17 bits per heavy atom. The van der Waals surface area contributed by atoms with Gasteiger partial charge in [0.15, 0.2) is 0 Å². The van der Waals surface area contributed by atoms with Crippen LogP contribution < -0.4 is 10.6 Å². The van der Waals surface area contributed by atoms with E-state index in [9.17, 15) is 4.79 Å². The number of benzene rings is 1. The van der Waals surface area contributed by atoms with Gasteiger partial charge in [-0.1, -0.05) is 32.0 Å². The SMILES string of the molecule is C#CC.CC.COC1CCC(NC(=O)Nc2ccccc2)CC1. The highest BCUT2D eigenvalue weighted by Gasteiger charge is 2.21. The summed E-state index contributed by atoms with van der Waals surface area (Å²) in [5, 5.41) is 5.84. The number of ether oxygens (including phenoxy) is 1. The molecule has 1 fully saturated rings. The number of carbonyl (C=O) groups is 1. The number of hydrogen-bond acceptors (Lipinski definition) is 2. The summed E-state index contributed by atoms with van der Waals surface area (Å²) >= 11 is 0. The molecular weight excluding hydrogens is 288 g/mol. The molecule has 0 bridgehead atoms. The topological polar surface area (TPSA) is 50.4 Å². The summed E-state index contributed by atoms with van der Waals surface area (Å²) in [4.78, 5) is 11.8. The maximum absolute atomic E-state index is 11.8. The molecule has 1 aliphatic carbocycles. The first-order chi connectivity index (χ1) is 11.2. The average Bonchev–Trinajstić information content (AvgIpc) is 2.59. The van der Waals surface area contributed by atoms with E-state index in [-0.39, 0.29) is 12.1 Å². The average molecular weight is 318 g/mol. The first kappa shape index (κ1) is 21.0. The third-order valence-electron chi connectivity index (χ3n) is 3.37. The van der Waals surface area contributed by atoms with Gasteiger partial charge in [0.05, 0.1) is 6.10 Å². The fourth-order valence-corrected chi connectivity index (χ4v) is 2.32. The van der Waals surface area contributed by atoms with Gasteiger partial charge in [-0.15, -0.1) is 12.3 Å². The Labute approximate surface area is 141 Å². The van der Waals surface area contributed by atoms with Gasteiger partial charge >= 0.3 is 6.03 Å². The van der Waals surface area contributed by atoms with Crippen molar-refractivity contribution in [1.29, 1.82) is 0 Å². The summed E-state index contributed by atoms with van der Waals surface area (Å²) in [6.07, 6.45) is 8.97. The third-order valence-corrected chi connectivity index (χ3v) is 3.37. The molecule has 0 atom stereocenters. The summed E-state index contributed by atoms with van der Waals surface area (Å²) in [6.45, 7) is 5.65. The highest BCUT2D eigenvalue weighted by atomic mass is 16.5. The molecule has 0 aromatic heterocycles. The number of rotatable bonds is 3. The molecule has 0 unspecified atom stereocenters. The van der Waals surface area contributed by atoms with Crippen LogP contribution >= 0.6 is 0 Å². The van der Waals surface area contributed by atoms with Crippen LogP contribution in [0.15, 0.2) is 30.3 Å². The Kier molecular flexibility index (Phi) is 12.5. The minimum atomic E-state index is -0.123. The van der Waals surface area contributed by atoms with Crippen LogP contribution in [0.5, 0.6) is 0 Å². The normalized spacial score (nSPS) is 18.9. The van der Waals surface area contributed by atoms with Crippen molar-refractivity contribution in [3.63, 3.8) is 0 Å². The molecule has 2 rings (SSSR count). The van der Waals surface area contributed by atoms with Gasteiger partial charge < -0.3 is 15.4 Å². The Balaban J connectivity index is 0.000000868. The molecule has 4 nitrogen and oxygen atoms in total. The molecule has 4 heteroatoms. The Morgan fingerprint density at radius 2 is 1.70 bits per heavy atom. The predicted molar refractivity (Wildman–Crippen MR) is 97.5 cm³/mol. The monoisotopic (exact) mass is 318 g/mol. The largest absolute Gasteiger partial charge is 0.381 e. The number of urea groups is 1. The maximum Gasteiger partial charge on any atom is 0.319 e. The van der Waals surface area contributed by atoms with Crippen LogP contribution in [0.4, 0.5) is 10.5 Å². The van der Waals surface area contributed by atoms with Gasteiger partial charge in [0, 0.05) is 18.8 Å². The number of terminal acetylenes is 1. The molecule has 2 N–H and O–H groups in total. The smallest absolute Gasteiger partial charge is 0.319 e. The second-order valence-corrected chi connectivity index (χ2v) is 4.96. The molecule has 1 aromatic carbocycles. The Bertz CT molecular complexity index is 446. The zero-order chi connectivity index (χ0) is 17.5. The highest BCUT2D eigenvalue weighted by molar-refractivity contribution is 5.89. The zero-order valence-corrected chi connectivity index (χ0v) is 14.8. The highest BCUT2D eigenvalue weighted by Crippen LogP contribution is 2.20. The first-order valence-electron chi connectivity index (χ1n) is 8.22. The van der Waals surface area contributed by atoms with Crippen LogP contribution in [-0.2, 0) is 4.74 Å². The quantitative estimate of drug-likeness (QED) is 0.810. The molecule has 1 aromatic rings. The van der Waals surface area contributed by atoms with E-state index in [0.717, 1.165) is 31.4 Å². The number of nitrogens with one attached hydrogen (secondary N) is 2. The number of anilines is 1. The van der Waals surface area contributed by atoms with Crippen LogP contribution in [0.25, 0.3) is 0 Å². The minimum absolute atomic E-state index is 0.123. The van der Waals surface area contributed by atoms with E-state index >= 15 is 0 Å². The second-order valence-electron chi connectivity index (χ2n) is 4.96. The van der Waals surface area contributed by atoms with Gasteiger partial charge in [-0.2, -0.15) is 0 Å². The molecule has 0 radical (unpaired) electrons. The van der Waals surface area contributed by atoms with E-state index in [1.165, 1.54) is 0 Å². The van der Waals surface area contributed by atoms with Crippen LogP contribution in [0.2, 0.25) is 0 Å². The Hall–Kier alpha value is -1.99. The van der Waals surface area contributed by atoms with Crippen LogP contribution in [0, 0.1) is 12.3 Å². The summed E-state index contributed by atoms with van der Waals surface area (Å²) in [7, 11) is 1.75. The van der Waals surface area contributed by atoms with Crippen LogP contribution in [0.3, 0.4) is 0 Å². The molecular formula is C19H30N2O2. The van der Waals surface area contributed by atoms with Crippen molar-refractivity contribution in [3.8, 4) is 12.3 Å². The number of para-hydroxylation sites is 1. The van der Waals surface area contributed by atoms with Gasteiger partial charge in [-0.3, -0.25) is 0 Å². The second kappa shape index (κ2) is 13.7. The first-order valence-corrected chi connectivity index (χ1v) is 8.22. The lowest BCUT2D eigenvalue weighted by Crippen LogP contribution is -2.41. The van der Waals surface area contributed by atoms with Crippen molar-refractivity contribution in [2.45, 2.75) is 58.6 Å². The van der Waals surface area contributed by atoms with Gasteiger partial charge in [0.2, 0.25) is 0 Å². The van der Waals surface area contributed by atoms with Crippen molar-refractivity contribution >= 4 is 11.7 Å². The fraction of sp³-hybridized carbons (Fsp3) is 0.526. The third kappa shape index (κ3) is 9.59.